The second-order valence-corrected chi connectivity index (χ2v) is 8.01. The molecule has 134 valence electrons. The summed E-state index contributed by atoms with van der Waals surface area (Å²) < 4.78 is 61.5. The average molecular weight is 357 g/mol. The lowest BCUT2D eigenvalue weighted by atomic mass is 10.1. The highest BCUT2D eigenvalue weighted by atomic mass is 32.2. The molecule has 0 aromatic rings. The van der Waals surface area contributed by atoms with Crippen molar-refractivity contribution in [3.8, 4) is 0 Å². The number of carbonyl (C=O) groups excluding carboxylic acids is 1. The van der Waals surface area contributed by atoms with Gasteiger partial charge in [0.15, 0.2) is 0 Å². The minimum Gasteiger partial charge on any atom is -0.338 e. The van der Waals surface area contributed by atoms with E-state index in [2.05, 4.69) is 5.32 Å². The molecule has 2 aliphatic heterocycles. The lowest BCUT2D eigenvalue weighted by Gasteiger charge is -2.36. The largest absolute Gasteiger partial charge is 0.389 e. The van der Waals surface area contributed by atoms with E-state index >= 15 is 0 Å². The number of hydrogen-bond donors (Lipinski definition) is 1. The van der Waals surface area contributed by atoms with E-state index in [9.17, 15) is 26.4 Å². The topological polar surface area (TPSA) is 69.7 Å². The van der Waals surface area contributed by atoms with Crippen molar-refractivity contribution in [2.45, 2.75) is 44.3 Å². The Balaban J connectivity index is 1.80. The standard InChI is InChI=1S/C13H22F3N3O3S/c14-13(15,16)5-2-6-17-12(20)18-7-1-4-11(10-18)19-8-3-9-23(19,21)22/h11H,1-10H2,(H,17,20). The Morgan fingerprint density at radius 3 is 2.57 bits per heavy atom. The van der Waals surface area contributed by atoms with Crippen LogP contribution in [0.2, 0.25) is 0 Å². The number of nitrogens with one attached hydrogen (secondary N) is 1. The van der Waals surface area contributed by atoms with Gasteiger partial charge in [-0.15, -0.1) is 0 Å². The fourth-order valence-corrected chi connectivity index (χ4v) is 4.80. The van der Waals surface area contributed by atoms with Gasteiger partial charge in [0.2, 0.25) is 10.0 Å². The monoisotopic (exact) mass is 357 g/mol. The van der Waals surface area contributed by atoms with Crippen molar-refractivity contribution in [2.24, 2.45) is 0 Å². The second-order valence-electron chi connectivity index (χ2n) is 5.97. The molecule has 6 nitrogen and oxygen atoms in total. The maximum absolute atomic E-state index is 12.0. The van der Waals surface area contributed by atoms with Gasteiger partial charge in [-0.05, 0) is 25.7 Å². The molecule has 1 unspecified atom stereocenters. The van der Waals surface area contributed by atoms with Crippen LogP contribution in [0, 0.1) is 0 Å². The van der Waals surface area contributed by atoms with E-state index in [1.165, 1.54) is 9.21 Å². The van der Waals surface area contributed by atoms with Crippen LogP contribution < -0.4 is 5.32 Å². The highest BCUT2D eigenvalue weighted by Crippen LogP contribution is 2.24. The maximum Gasteiger partial charge on any atom is 0.389 e. The molecule has 1 N–H and O–H groups in total. The van der Waals surface area contributed by atoms with Crippen molar-refractivity contribution in [2.75, 3.05) is 31.9 Å². The second kappa shape index (κ2) is 7.25. The van der Waals surface area contributed by atoms with Gasteiger partial charge in [-0.25, -0.2) is 13.2 Å². The van der Waals surface area contributed by atoms with Crippen LogP contribution in [-0.2, 0) is 10.0 Å². The summed E-state index contributed by atoms with van der Waals surface area (Å²) >= 11 is 0. The fourth-order valence-electron chi connectivity index (χ4n) is 3.04. The minimum atomic E-state index is -4.22. The summed E-state index contributed by atoms with van der Waals surface area (Å²) in [5, 5.41) is 2.48. The average Bonchev–Trinajstić information content (AvgIpc) is 2.82. The van der Waals surface area contributed by atoms with Gasteiger partial charge >= 0.3 is 12.2 Å². The predicted molar refractivity (Wildman–Crippen MR) is 78.4 cm³/mol. The number of halogens is 3. The molecule has 0 aromatic heterocycles. The third-order valence-corrected chi connectivity index (χ3v) is 6.14. The molecule has 2 rings (SSSR count). The number of likely N-dealkylation sites (tertiary alicyclic amines) is 1. The van der Waals surface area contributed by atoms with Gasteiger partial charge in [0, 0.05) is 38.6 Å². The Labute approximate surface area is 134 Å². The molecular weight excluding hydrogens is 335 g/mol. The molecule has 23 heavy (non-hydrogen) atoms. The molecule has 2 heterocycles. The third kappa shape index (κ3) is 5.23. The Morgan fingerprint density at radius 2 is 1.96 bits per heavy atom. The summed E-state index contributed by atoms with van der Waals surface area (Å²) in [6, 6.07) is -0.648. The molecule has 2 amide bonds. The molecule has 10 heteroatoms. The van der Waals surface area contributed by atoms with Crippen molar-refractivity contribution < 1.29 is 26.4 Å². The quantitative estimate of drug-likeness (QED) is 0.776. The molecule has 0 radical (unpaired) electrons. The normalized spacial score (nSPS) is 25.5. The van der Waals surface area contributed by atoms with E-state index in [0.29, 0.717) is 38.9 Å². The molecule has 2 aliphatic rings. The molecule has 0 spiro atoms. The Hall–Kier alpha value is -1.03. The van der Waals surface area contributed by atoms with E-state index in [0.717, 1.165) is 0 Å². The van der Waals surface area contributed by atoms with E-state index in [1.54, 1.807) is 0 Å². The van der Waals surface area contributed by atoms with Crippen LogP contribution in [0.1, 0.15) is 32.1 Å². The Kier molecular flexibility index (Phi) is 5.77. The lowest BCUT2D eigenvalue weighted by molar-refractivity contribution is -0.135. The first kappa shape index (κ1) is 18.3. The third-order valence-electron chi connectivity index (χ3n) is 4.14. The number of sulfonamides is 1. The fraction of sp³-hybridized carbons (Fsp3) is 0.923. The first-order valence-electron chi connectivity index (χ1n) is 7.78. The van der Waals surface area contributed by atoms with Gasteiger partial charge in [-0.3, -0.25) is 0 Å². The van der Waals surface area contributed by atoms with Gasteiger partial charge in [-0.1, -0.05) is 0 Å². The molecule has 0 aromatic carbocycles. The Bertz CT molecular complexity index is 524. The van der Waals surface area contributed by atoms with Crippen molar-refractivity contribution in [3.05, 3.63) is 0 Å². The van der Waals surface area contributed by atoms with E-state index in [4.69, 9.17) is 0 Å². The van der Waals surface area contributed by atoms with Crippen molar-refractivity contribution in [1.29, 1.82) is 0 Å². The summed E-state index contributed by atoms with van der Waals surface area (Å²) in [7, 11) is -3.22. The van der Waals surface area contributed by atoms with Gasteiger partial charge in [0.25, 0.3) is 0 Å². The molecule has 2 saturated heterocycles. The summed E-state index contributed by atoms with van der Waals surface area (Å²) in [5.41, 5.74) is 0. The molecule has 0 aliphatic carbocycles. The van der Waals surface area contributed by atoms with E-state index in [-0.39, 0.29) is 24.8 Å². The lowest BCUT2D eigenvalue weighted by Crippen LogP contribution is -2.52. The summed E-state index contributed by atoms with van der Waals surface area (Å²) in [6.45, 7) is 1.23. The van der Waals surface area contributed by atoms with Crippen LogP contribution in [0.3, 0.4) is 0 Å². The van der Waals surface area contributed by atoms with Crippen molar-refractivity contribution >= 4 is 16.1 Å². The van der Waals surface area contributed by atoms with Crippen LogP contribution in [-0.4, -0.2) is 67.8 Å². The van der Waals surface area contributed by atoms with Gasteiger partial charge < -0.3 is 10.2 Å². The van der Waals surface area contributed by atoms with Crippen LogP contribution in [0.15, 0.2) is 0 Å². The predicted octanol–water partition coefficient (Wildman–Crippen LogP) is 1.54. The minimum absolute atomic E-state index is 0.0402. The number of urea groups is 1. The first-order chi connectivity index (χ1) is 10.7. The molecule has 2 fully saturated rings. The molecule has 0 bridgehead atoms. The van der Waals surface area contributed by atoms with Crippen LogP contribution in [0.25, 0.3) is 0 Å². The highest BCUT2D eigenvalue weighted by Gasteiger charge is 2.37. The van der Waals surface area contributed by atoms with Crippen LogP contribution >= 0.6 is 0 Å². The van der Waals surface area contributed by atoms with Gasteiger partial charge in [0.05, 0.1) is 5.75 Å². The van der Waals surface area contributed by atoms with E-state index < -0.39 is 28.7 Å². The van der Waals surface area contributed by atoms with Crippen molar-refractivity contribution in [1.82, 2.24) is 14.5 Å². The highest BCUT2D eigenvalue weighted by molar-refractivity contribution is 7.89. The van der Waals surface area contributed by atoms with Crippen molar-refractivity contribution in [3.63, 3.8) is 0 Å². The first-order valence-corrected chi connectivity index (χ1v) is 9.39. The van der Waals surface area contributed by atoms with Crippen LogP contribution in [0.4, 0.5) is 18.0 Å². The molecule has 0 saturated carbocycles. The zero-order valence-corrected chi connectivity index (χ0v) is 13.6. The summed E-state index contributed by atoms with van der Waals surface area (Å²) in [4.78, 5) is 13.5. The Morgan fingerprint density at radius 1 is 1.22 bits per heavy atom. The zero-order valence-electron chi connectivity index (χ0n) is 12.8. The zero-order chi connectivity index (χ0) is 17.1. The van der Waals surface area contributed by atoms with E-state index in [1.807, 2.05) is 0 Å². The number of piperidine rings is 1. The smallest absolute Gasteiger partial charge is 0.338 e. The number of hydrogen-bond acceptors (Lipinski definition) is 3. The molecular formula is C13H22F3N3O3S. The number of alkyl halides is 3. The van der Waals surface area contributed by atoms with Gasteiger partial charge in [-0.2, -0.15) is 17.5 Å². The summed E-state index contributed by atoms with van der Waals surface area (Å²) in [6.07, 6.45) is -3.31. The number of nitrogens with zero attached hydrogens (tertiary/aromatic N) is 2. The SMILES string of the molecule is O=C(NCCCC(F)(F)F)N1CCCC(N2CCCS2(=O)=O)C1. The number of rotatable bonds is 4. The number of amides is 2. The van der Waals surface area contributed by atoms with Crippen LogP contribution in [0.5, 0.6) is 0 Å². The van der Waals surface area contributed by atoms with Gasteiger partial charge in [0.1, 0.15) is 0 Å². The number of carbonyl (C=O) groups is 1. The molecule has 1 atom stereocenters. The summed E-state index contributed by atoms with van der Waals surface area (Å²) in [5.74, 6) is 0.146. The maximum atomic E-state index is 12.0.